The standard InChI is InChI=1S/C9H11ClN4O2/c1-9(2,8(11)16)14-7(15)5-3-12-4-6(10)13-5/h3-4H,1-2H3,(H2,11,16)(H,14,15). The van der Waals surface area contributed by atoms with Crippen molar-refractivity contribution < 1.29 is 9.59 Å². The van der Waals surface area contributed by atoms with E-state index in [0.717, 1.165) is 0 Å². The highest BCUT2D eigenvalue weighted by Crippen LogP contribution is 2.05. The predicted molar refractivity (Wildman–Crippen MR) is 57.8 cm³/mol. The first-order valence-electron chi connectivity index (χ1n) is 4.43. The number of carbonyl (C=O) groups is 2. The number of primary amides is 1. The Morgan fingerprint density at radius 3 is 2.56 bits per heavy atom. The maximum atomic E-state index is 11.6. The SMILES string of the molecule is CC(C)(NC(=O)c1cncc(Cl)n1)C(N)=O. The van der Waals surface area contributed by atoms with E-state index in [1.165, 1.54) is 26.2 Å². The maximum absolute atomic E-state index is 11.6. The molecule has 0 aliphatic rings. The van der Waals surface area contributed by atoms with Gasteiger partial charge in [0.05, 0.1) is 12.4 Å². The molecule has 0 unspecified atom stereocenters. The molecule has 0 saturated carbocycles. The minimum absolute atomic E-state index is 0.0295. The average molecular weight is 243 g/mol. The van der Waals surface area contributed by atoms with Gasteiger partial charge in [0.2, 0.25) is 5.91 Å². The Bertz CT molecular complexity index is 433. The van der Waals surface area contributed by atoms with Gasteiger partial charge in [-0.3, -0.25) is 14.6 Å². The summed E-state index contributed by atoms with van der Waals surface area (Å²) in [5.74, 6) is -1.20. The monoisotopic (exact) mass is 242 g/mol. The van der Waals surface area contributed by atoms with Crippen molar-refractivity contribution in [1.82, 2.24) is 15.3 Å². The van der Waals surface area contributed by atoms with Gasteiger partial charge in [-0.1, -0.05) is 11.6 Å². The molecule has 0 saturated heterocycles. The van der Waals surface area contributed by atoms with Crippen LogP contribution in [0.2, 0.25) is 5.15 Å². The highest BCUT2D eigenvalue weighted by Gasteiger charge is 2.27. The number of amides is 2. The molecule has 0 spiro atoms. The fourth-order valence-electron chi connectivity index (χ4n) is 0.861. The van der Waals surface area contributed by atoms with E-state index in [1.54, 1.807) is 0 Å². The summed E-state index contributed by atoms with van der Waals surface area (Å²) < 4.78 is 0. The number of rotatable bonds is 3. The Hall–Kier alpha value is -1.69. The molecule has 6 nitrogen and oxygen atoms in total. The van der Waals surface area contributed by atoms with Crippen LogP contribution in [0.1, 0.15) is 24.3 Å². The van der Waals surface area contributed by atoms with Gasteiger partial charge in [-0.25, -0.2) is 4.98 Å². The van der Waals surface area contributed by atoms with E-state index in [4.69, 9.17) is 17.3 Å². The highest BCUT2D eigenvalue weighted by atomic mass is 35.5. The second-order valence-electron chi connectivity index (χ2n) is 3.67. The maximum Gasteiger partial charge on any atom is 0.272 e. The number of hydrogen-bond donors (Lipinski definition) is 2. The Morgan fingerprint density at radius 2 is 2.06 bits per heavy atom. The minimum Gasteiger partial charge on any atom is -0.368 e. The molecular weight excluding hydrogens is 232 g/mol. The second kappa shape index (κ2) is 4.44. The molecule has 0 bridgehead atoms. The van der Waals surface area contributed by atoms with Crippen LogP contribution in [0, 0.1) is 0 Å². The first-order valence-corrected chi connectivity index (χ1v) is 4.80. The Kier molecular flexibility index (Phi) is 3.44. The summed E-state index contributed by atoms with van der Waals surface area (Å²) in [7, 11) is 0. The molecule has 1 aromatic heterocycles. The molecule has 0 fully saturated rings. The van der Waals surface area contributed by atoms with Crippen LogP contribution in [-0.4, -0.2) is 27.3 Å². The third kappa shape index (κ3) is 2.90. The summed E-state index contributed by atoms with van der Waals surface area (Å²) in [6.07, 6.45) is 2.55. The van der Waals surface area contributed by atoms with Gasteiger partial charge in [0.1, 0.15) is 16.4 Å². The van der Waals surface area contributed by atoms with Gasteiger partial charge in [-0.05, 0) is 13.8 Å². The molecule has 0 atom stereocenters. The number of aromatic nitrogens is 2. The van der Waals surface area contributed by atoms with Gasteiger partial charge < -0.3 is 11.1 Å². The number of nitrogens with zero attached hydrogens (tertiary/aromatic N) is 2. The highest BCUT2D eigenvalue weighted by molar-refractivity contribution is 6.29. The smallest absolute Gasteiger partial charge is 0.272 e. The van der Waals surface area contributed by atoms with Crippen molar-refractivity contribution in [2.24, 2.45) is 5.73 Å². The third-order valence-corrected chi connectivity index (χ3v) is 2.06. The van der Waals surface area contributed by atoms with Crippen LogP contribution < -0.4 is 11.1 Å². The zero-order chi connectivity index (χ0) is 12.3. The lowest BCUT2D eigenvalue weighted by Gasteiger charge is -2.21. The first-order chi connectivity index (χ1) is 7.33. The molecule has 1 rings (SSSR count). The van der Waals surface area contributed by atoms with Crippen LogP contribution in [-0.2, 0) is 4.79 Å². The Morgan fingerprint density at radius 1 is 1.44 bits per heavy atom. The fraction of sp³-hybridized carbons (Fsp3) is 0.333. The van der Waals surface area contributed by atoms with E-state index in [1.807, 2.05) is 0 Å². The van der Waals surface area contributed by atoms with Gasteiger partial charge in [-0.15, -0.1) is 0 Å². The van der Waals surface area contributed by atoms with E-state index >= 15 is 0 Å². The normalized spacial score (nSPS) is 10.9. The van der Waals surface area contributed by atoms with Gasteiger partial charge in [-0.2, -0.15) is 0 Å². The molecule has 7 heteroatoms. The van der Waals surface area contributed by atoms with E-state index in [2.05, 4.69) is 15.3 Å². The molecule has 2 amide bonds. The largest absolute Gasteiger partial charge is 0.368 e. The summed E-state index contributed by atoms with van der Waals surface area (Å²) in [5.41, 5.74) is 3.99. The summed E-state index contributed by atoms with van der Waals surface area (Å²) in [6, 6.07) is 0. The molecular formula is C9H11ClN4O2. The predicted octanol–water partition coefficient (Wildman–Crippen LogP) is 0.124. The van der Waals surface area contributed by atoms with Crippen molar-refractivity contribution in [2.75, 3.05) is 0 Å². The van der Waals surface area contributed by atoms with Crippen LogP contribution in [0.3, 0.4) is 0 Å². The van der Waals surface area contributed by atoms with Gasteiger partial charge in [0.15, 0.2) is 0 Å². The number of halogens is 1. The van der Waals surface area contributed by atoms with Crippen molar-refractivity contribution in [2.45, 2.75) is 19.4 Å². The zero-order valence-electron chi connectivity index (χ0n) is 8.82. The Labute approximate surface area is 97.2 Å². The number of nitrogens with two attached hydrogens (primary N) is 1. The van der Waals surface area contributed by atoms with Crippen LogP contribution in [0.25, 0.3) is 0 Å². The fourth-order valence-corrected chi connectivity index (χ4v) is 1.01. The molecule has 0 aliphatic carbocycles. The lowest BCUT2D eigenvalue weighted by atomic mass is 10.1. The van der Waals surface area contributed by atoms with E-state index in [0.29, 0.717) is 0 Å². The molecule has 1 aromatic rings. The number of nitrogens with one attached hydrogen (secondary N) is 1. The molecule has 0 aromatic carbocycles. The van der Waals surface area contributed by atoms with Gasteiger partial charge >= 0.3 is 0 Å². The van der Waals surface area contributed by atoms with Crippen LogP contribution in [0.4, 0.5) is 0 Å². The van der Waals surface area contributed by atoms with E-state index in [-0.39, 0.29) is 10.8 Å². The quantitative estimate of drug-likeness (QED) is 0.787. The van der Waals surface area contributed by atoms with Crippen LogP contribution >= 0.6 is 11.6 Å². The van der Waals surface area contributed by atoms with Gasteiger partial charge in [0.25, 0.3) is 5.91 Å². The van der Waals surface area contributed by atoms with Crippen molar-refractivity contribution in [1.29, 1.82) is 0 Å². The van der Waals surface area contributed by atoms with Crippen LogP contribution in [0.15, 0.2) is 12.4 Å². The van der Waals surface area contributed by atoms with Crippen molar-refractivity contribution in [3.8, 4) is 0 Å². The summed E-state index contributed by atoms with van der Waals surface area (Å²) >= 11 is 5.58. The Balaban J connectivity index is 2.85. The van der Waals surface area contributed by atoms with Crippen molar-refractivity contribution >= 4 is 23.4 Å². The molecule has 1 heterocycles. The second-order valence-corrected chi connectivity index (χ2v) is 4.06. The van der Waals surface area contributed by atoms with E-state index < -0.39 is 17.4 Å². The topological polar surface area (TPSA) is 98.0 Å². The number of hydrogen-bond acceptors (Lipinski definition) is 4. The molecule has 0 aliphatic heterocycles. The first kappa shape index (κ1) is 12.4. The summed E-state index contributed by atoms with van der Waals surface area (Å²) in [4.78, 5) is 30.1. The molecule has 16 heavy (non-hydrogen) atoms. The molecule has 3 N–H and O–H groups in total. The molecule has 86 valence electrons. The minimum atomic E-state index is -1.15. The summed E-state index contributed by atoms with van der Waals surface area (Å²) in [6.45, 7) is 2.98. The summed E-state index contributed by atoms with van der Waals surface area (Å²) in [5, 5.41) is 2.53. The average Bonchev–Trinajstić information content (AvgIpc) is 2.16. The lowest BCUT2D eigenvalue weighted by molar-refractivity contribution is -0.122. The van der Waals surface area contributed by atoms with E-state index in [9.17, 15) is 9.59 Å². The molecule has 0 radical (unpaired) electrons. The van der Waals surface area contributed by atoms with Crippen LogP contribution in [0.5, 0.6) is 0 Å². The van der Waals surface area contributed by atoms with Crippen molar-refractivity contribution in [3.63, 3.8) is 0 Å². The zero-order valence-corrected chi connectivity index (χ0v) is 9.58. The third-order valence-electron chi connectivity index (χ3n) is 1.88. The van der Waals surface area contributed by atoms with Crippen molar-refractivity contribution in [3.05, 3.63) is 23.2 Å². The lowest BCUT2D eigenvalue weighted by Crippen LogP contribution is -2.53. The number of carbonyl (C=O) groups excluding carboxylic acids is 2. The van der Waals surface area contributed by atoms with Gasteiger partial charge in [0, 0.05) is 0 Å².